The third-order valence-electron chi connectivity index (χ3n) is 5.00. The number of nitrogens with zero attached hydrogens (tertiary/aromatic N) is 2. The van der Waals surface area contributed by atoms with Crippen molar-refractivity contribution in [3.63, 3.8) is 0 Å². The van der Waals surface area contributed by atoms with Crippen molar-refractivity contribution in [1.82, 2.24) is 15.1 Å². The summed E-state index contributed by atoms with van der Waals surface area (Å²) < 4.78 is 32.0. The highest BCUT2D eigenvalue weighted by atomic mass is 32.2. The maximum absolute atomic E-state index is 12.7. The van der Waals surface area contributed by atoms with Crippen LogP contribution < -0.4 is 10.6 Å². The summed E-state index contributed by atoms with van der Waals surface area (Å²) in [5.74, 6) is -0.820. The van der Waals surface area contributed by atoms with E-state index in [4.69, 9.17) is 4.42 Å². The van der Waals surface area contributed by atoms with Crippen LogP contribution in [0.15, 0.2) is 76.4 Å². The van der Waals surface area contributed by atoms with Crippen LogP contribution in [0.4, 0.5) is 5.69 Å². The van der Waals surface area contributed by atoms with Gasteiger partial charge >= 0.3 is 0 Å². The van der Waals surface area contributed by atoms with Gasteiger partial charge in [0.2, 0.25) is 5.91 Å². The van der Waals surface area contributed by atoms with E-state index in [2.05, 4.69) is 15.7 Å². The zero-order valence-corrected chi connectivity index (χ0v) is 18.6. The van der Waals surface area contributed by atoms with Gasteiger partial charge in [-0.15, -0.1) is 0 Å². The van der Waals surface area contributed by atoms with Crippen molar-refractivity contribution < 1.29 is 22.4 Å². The summed E-state index contributed by atoms with van der Waals surface area (Å²) in [4.78, 5) is 25.1. The van der Waals surface area contributed by atoms with E-state index in [-0.39, 0.29) is 35.0 Å². The van der Waals surface area contributed by atoms with Gasteiger partial charge in [0, 0.05) is 19.7 Å². The van der Waals surface area contributed by atoms with E-state index in [1.165, 1.54) is 23.2 Å². The molecule has 2 heterocycles. The second-order valence-electron chi connectivity index (χ2n) is 7.45. The number of benzene rings is 2. The minimum atomic E-state index is -3.67. The zero-order valence-electron chi connectivity index (χ0n) is 17.8. The molecule has 10 heteroatoms. The molecule has 0 unspecified atom stereocenters. The number of rotatable bonds is 8. The molecule has 0 bridgehead atoms. The number of furan rings is 1. The normalized spacial score (nSPS) is 11.4. The van der Waals surface area contributed by atoms with E-state index in [9.17, 15) is 18.0 Å². The van der Waals surface area contributed by atoms with Crippen LogP contribution in [-0.4, -0.2) is 35.8 Å². The Labute approximate surface area is 190 Å². The molecular weight excluding hydrogens is 444 g/mol. The Bertz CT molecular complexity index is 1410. The molecule has 33 heavy (non-hydrogen) atoms. The maximum atomic E-state index is 12.7. The molecule has 0 aliphatic carbocycles. The average Bonchev–Trinajstić information content (AvgIpc) is 3.45. The van der Waals surface area contributed by atoms with Gasteiger partial charge in [0.1, 0.15) is 5.76 Å². The number of fused-ring (bicyclic) bond motifs is 1. The van der Waals surface area contributed by atoms with E-state index in [0.717, 1.165) is 10.8 Å². The Morgan fingerprint density at radius 2 is 1.85 bits per heavy atom. The lowest BCUT2D eigenvalue weighted by Crippen LogP contribution is -2.25. The number of hydrogen-bond acceptors (Lipinski definition) is 6. The van der Waals surface area contributed by atoms with Crippen molar-refractivity contribution in [2.24, 2.45) is 7.05 Å². The highest BCUT2D eigenvalue weighted by molar-refractivity contribution is 7.91. The standard InChI is InChI=1S/C23H22N4O5S/c1-27-15-20(22(26-27)23(29)24-14-18-7-4-11-32-18)25-21(28)10-12-33(30,31)19-9-8-16-5-2-3-6-17(16)13-19/h2-9,11,13,15H,10,12,14H2,1H3,(H,24,29)(H,25,28). The van der Waals surface area contributed by atoms with Gasteiger partial charge in [-0.1, -0.05) is 30.3 Å². The first-order valence-electron chi connectivity index (χ1n) is 10.2. The molecule has 0 fully saturated rings. The predicted molar refractivity (Wildman–Crippen MR) is 122 cm³/mol. The lowest BCUT2D eigenvalue weighted by Gasteiger charge is -2.08. The van der Waals surface area contributed by atoms with Gasteiger partial charge in [-0.3, -0.25) is 14.3 Å². The van der Waals surface area contributed by atoms with Crippen molar-refractivity contribution in [3.8, 4) is 0 Å². The fourth-order valence-electron chi connectivity index (χ4n) is 3.33. The number of amides is 2. The Morgan fingerprint density at radius 3 is 2.61 bits per heavy atom. The minimum absolute atomic E-state index is 0.0230. The molecule has 4 aromatic rings. The number of carbonyl (C=O) groups excluding carboxylic acids is 2. The lowest BCUT2D eigenvalue weighted by molar-refractivity contribution is -0.115. The van der Waals surface area contributed by atoms with Crippen LogP contribution in [0.3, 0.4) is 0 Å². The number of anilines is 1. The molecule has 9 nitrogen and oxygen atoms in total. The number of sulfone groups is 1. The maximum Gasteiger partial charge on any atom is 0.274 e. The second kappa shape index (κ2) is 9.29. The molecule has 0 aliphatic rings. The highest BCUT2D eigenvalue weighted by Crippen LogP contribution is 2.21. The summed E-state index contributed by atoms with van der Waals surface area (Å²) in [6, 6.07) is 15.8. The van der Waals surface area contributed by atoms with Crippen LogP contribution in [0.5, 0.6) is 0 Å². The van der Waals surface area contributed by atoms with E-state index in [0.29, 0.717) is 5.76 Å². The molecule has 2 amide bonds. The van der Waals surface area contributed by atoms with Crippen LogP contribution in [0.1, 0.15) is 22.7 Å². The molecule has 0 atom stereocenters. The first-order chi connectivity index (χ1) is 15.8. The topological polar surface area (TPSA) is 123 Å². The van der Waals surface area contributed by atoms with E-state index in [1.807, 2.05) is 24.3 Å². The van der Waals surface area contributed by atoms with Crippen LogP contribution in [0, 0.1) is 0 Å². The van der Waals surface area contributed by atoms with Gasteiger partial charge in [0.25, 0.3) is 5.91 Å². The summed E-state index contributed by atoms with van der Waals surface area (Å²) in [6.07, 6.45) is 2.72. The molecule has 2 aromatic carbocycles. The molecule has 170 valence electrons. The average molecular weight is 467 g/mol. The molecule has 4 rings (SSSR count). The van der Waals surface area contributed by atoms with Gasteiger partial charge in [-0.2, -0.15) is 5.10 Å². The van der Waals surface area contributed by atoms with Gasteiger partial charge < -0.3 is 15.1 Å². The third kappa shape index (κ3) is 5.29. The van der Waals surface area contributed by atoms with Crippen molar-refractivity contribution in [1.29, 1.82) is 0 Å². The zero-order chi connectivity index (χ0) is 23.4. The number of aromatic nitrogens is 2. The smallest absolute Gasteiger partial charge is 0.274 e. The molecule has 0 aliphatic heterocycles. The van der Waals surface area contributed by atoms with Gasteiger partial charge in [-0.25, -0.2) is 8.42 Å². The summed E-state index contributed by atoms with van der Waals surface area (Å²) in [5.41, 5.74) is 0.220. The van der Waals surface area contributed by atoms with Crippen LogP contribution in [-0.2, 0) is 28.2 Å². The molecule has 0 spiro atoms. The van der Waals surface area contributed by atoms with Crippen molar-refractivity contribution in [3.05, 3.63) is 78.5 Å². The largest absolute Gasteiger partial charge is 0.467 e. The monoisotopic (exact) mass is 466 g/mol. The number of hydrogen-bond donors (Lipinski definition) is 2. The molecular formula is C23H22N4O5S. The number of aryl methyl sites for hydroxylation is 1. The van der Waals surface area contributed by atoms with E-state index >= 15 is 0 Å². The summed E-state index contributed by atoms with van der Waals surface area (Å²) in [6.45, 7) is 0.166. The molecule has 0 saturated carbocycles. The van der Waals surface area contributed by atoms with E-state index < -0.39 is 21.7 Å². The van der Waals surface area contributed by atoms with Gasteiger partial charge in [0.15, 0.2) is 15.5 Å². The van der Waals surface area contributed by atoms with Crippen molar-refractivity contribution in [2.45, 2.75) is 17.9 Å². The SMILES string of the molecule is Cn1cc(NC(=O)CCS(=O)(=O)c2ccc3ccccc3c2)c(C(=O)NCc2ccco2)n1. The van der Waals surface area contributed by atoms with Crippen LogP contribution in [0.2, 0.25) is 0 Å². The third-order valence-corrected chi connectivity index (χ3v) is 6.71. The second-order valence-corrected chi connectivity index (χ2v) is 9.56. The quantitative estimate of drug-likeness (QED) is 0.412. The Balaban J connectivity index is 1.39. The van der Waals surface area contributed by atoms with Crippen molar-refractivity contribution in [2.75, 3.05) is 11.1 Å². The van der Waals surface area contributed by atoms with Crippen LogP contribution >= 0.6 is 0 Å². The first-order valence-corrected chi connectivity index (χ1v) is 11.8. The summed E-state index contributed by atoms with van der Waals surface area (Å²) >= 11 is 0. The number of carbonyl (C=O) groups is 2. The molecule has 0 saturated heterocycles. The first kappa shape index (κ1) is 22.3. The fraction of sp³-hybridized carbons (Fsp3) is 0.174. The lowest BCUT2D eigenvalue weighted by atomic mass is 10.1. The molecule has 2 aromatic heterocycles. The van der Waals surface area contributed by atoms with Gasteiger partial charge in [0.05, 0.1) is 29.1 Å². The Hall–Kier alpha value is -3.92. The van der Waals surface area contributed by atoms with Crippen LogP contribution in [0.25, 0.3) is 10.8 Å². The van der Waals surface area contributed by atoms with E-state index in [1.54, 1.807) is 31.3 Å². The summed E-state index contributed by atoms with van der Waals surface area (Å²) in [5, 5.41) is 11.1. The Kier molecular flexibility index (Phi) is 6.27. The molecule has 2 N–H and O–H groups in total. The van der Waals surface area contributed by atoms with Gasteiger partial charge in [-0.05, 0) is 35.0 Å². The predicted octanol–water partition coefficient (Wildman–Crippen LogP) is 2.90. The highest BCUT2D eigenvalue weighted by Gasteiger charge is 2.21. The molecule has 0 radical (unpaired) electrons. The summed E-state index contributed by atoms with van der Waals surface area (Å²) in [7, 11) is -2.05. The number of nitrogens with one attached hydrogen (secondary N) is 2. The minimum Gasteiger partial charge on any atom is -0.467 e. The van der Waals surface area contributed by atoms with Crippen molar-refractivity contribution >= 4 is 38.1 Å². The fourth-order valence-corrected chi connectivity index (χ4v) is 4.60. The Morgan fingerprint density at radius 1 is 1.06 bits per heavy atom.